The van der Waals surface area contributed by atoms with Crippen LogP contribution < -0.4 is 5.32 Å². The number of hydrogen-bond acceptors (Lipinski definition) is 4. The van der Waals surface area contributed by atoms with Crippen LogP contribution >= 0.6 is 0 Å². The molecule has 1 atom stereocenters. The Morgan fingerprint density at radius 2 is 1.97 bits per heavy atom. The van der Waals surface area contributed by atoms with Gasteiger partial charge in [0.25, 0.3) is 11.8 Å². The summed E-state index contributed by atoms with van der Waals surface area (Å²) in [5.74, 6) is -4.37. The predicted molar refractivity (Wildman–Crippen MR) is 122 cm³/mol. The maximum atomic E-state index is 13.6. The number of aromatic amines is 1. The summed E-state index contributed by atoms with van der Waals surface area (Å²) in [7, 11) is 0. The second kappa shape index (κ2) is 8.23. The second-order valence-electron chi connectivity index (χ2n) is 8.28. The van der Waals surface area contributed by atoms with Gasteiger partial charge in [0.1, 0.15) is 6.04 Å². The zero-order chi connectivity index (χ0) is 23.9. The van der Waals surface area contributed by atoms with Crippen molar-refractivity contribution in [3.8, 4) is 17.2 Å². The van der Waals surface area contributed by atoms with Gasteiger partial charge in [0, 0.05) is 29.7 Å². The summed E-state index contributed by atoms with van der Waals surface area (Å²) >= 11 is 0. The van der Waals surface area contributed by atoms with Crippen LogP contribution in [-0.4, -0.2) is 51.7 Å². The number of aromatic nitrogens is 2. The summed E-state index contributed by atoms with van der Waals surface area (Å²) in [4.78, 5) is 33.6. The maximum Gasteiger partial charge on any atom is 0.268 e. The lowest BCUT2D eigenvalue weighted by atomic mass is 9.99. The number of nitriles is 1. The lowest BCUT2D eigenvalue weighted by Crippen LogP contribution is -2.43. The largest absolute Gasteiger partial charge is 0.361 e. The molecule has 1 aliphatic heterocycles. The molecular weight excluding hydrogens is 440 g/mol. The van der Waals surface area contributed by atoms with Crippen LogP contribution in [-0.2, 0) is 4.79 Å². The van der Waals surface area contributed by atoms with Crippen molar-refractivity contribution in [2.45, 2.75) is 18.4 Å². The summed E-state index contributed by atoms with van der Waals surface area (Å²) in [5, 5.41) is 13.2. The number of benzene rings is 2. The Bertz CT molecular complexity index is 1470. The molecule has 2 N–H and O–H groups in total. The van der Waals surface area contributed by atoms with Gasteiger partial charge in [0.15, 0.2) is 0 Å². The zero-order valence-electron chi connectivity index (χ0n) is 17.9. The van der Waals surface area contributed by atoms with Crippen LogP contribution in [0.25, 0.3) is 32.9 Å². The van der Waals surface area contributed by atoms with E-state index in [1.807, 2.05) is 48.7 Å². The molecule has 9 heteroatoms. The van der Waals surface area contributed by atoms with Gasteiger partial charge in [0.2, 0.25) is 5.91 Å². The number of H-pyrrole nitrogens is 1. The molecule has 170 valence electrons. The van der Waals surface area contributed by atoms with Crippen LogP contribution in [0.3, 0.4) is 0 Å². The van der Waals surface area contributed by atoms with Crippen molar-refractivity contribution in [2.75, 3.05) is 13.1 Å². The van der Waals surface area contributed by atoms with Gasteiger partial charge in [-0.2, -0.15) is 5.26 Å². The van der Waals surface area contributed by atoms with E-state index in [0.29, 0.717) is 16.5 Å². The Labute approximate surface area is 193 Å². The Morgan fingerprint density at radius 3 is 2.79 bits per heavy atom. The van der Waals surface area contributed by atoms with Crippen LogP contribution in [0, 0.1) is 11.3 Å². The third kappa shape index (κ3) is 3.94. The Morgan fingerprint density at radius 1 is 1.18 bits per heavy atom. The molecule has 1 saturated heterocycles. The molecule has 34 heavy (non-hydrogen) atoms. The van der Waals surface area contributed by atoms with Gasteiger partial charge in [-0.3, -0.25) is 14.6 Å². The number of hydrogen-bond donors (Lipinski definition) is 2. The summed E-state index contributed by atoms with van der Waals surface area (Å²) in [5.41, 5.74) is 3.80. The van der Waals surface area contributed by atoms with E-state index >= 15 is 0 Å². The molecule has 2 aromatic carbocycles. The SMILES string of the molecule is N#C[C@@H]1CC(F)(F)CN1C(=O)CNC(=O)c1ccnc2ccc(-c3ccc4[nH]ccc4c3)cc12. The molecule has 7 nitrogen and oxygen atoms in total. The molecule has 1 aliphatic rings. The minimum Gasteiger partial charge on any atom is -0.361 e. The van der Waals surface area contributed by atoms with Crippen molar-refractivity contribution < 1.29 is 18.4 Å². The van der Waals surface area contributed by atoms with Gasteiger partial charge in [-0.05, 0) is 52.9 Å². The molecule has 0 spiro atoms. The molecule has 2 aromatic heterocycles. The van der Waals surface area contributed by atoms with Gasteiger partial charge in [0.05, 0.1) is 30.2 Å². The zero-order valence-corrected chi connectivity index (χ0v) is 17.9. The number of nitrogens with zero attached hydrogens (tertiary/aromatic N) is 3. The molecule has 0 unspecified atom stereocenters. The van der Waals surface area contributed by atoms with Gasteiger partial charge in [-0.15, -0.1) is 0 Å². The van der Waals surface area contributed by atoms with Crippen molar-refractivity contribution in [3.63, 3.8) is 0 Å². The molecule has 1 fully saturated rings. The van der Waals surface area contributed by atoms with Crippen LogP contribution in [0.15, 0.2) is 60.9 Å². The highest BCUT2D eigenvalue weighted by Crippen LogP contribution is 2.32. The smallest absolute Gasteiger partial charge is 0.268 e. The molecule has 4 aromatic rings. The first-order chi connectivity index (χ1) is 16.3. The van der Waals surface area contributed by atoms with Crippen LogP contribution in [0.5, 0.6) is 0 Å². The Balaban J connectivity index is 1.38. The Hall–Kier alpha value is -4.32. The molecule has 5 rings (SSSR count). The molecule has 0 bridgehead atoms. The summed E-state index contributed by atoms with van der Waals surface area (Å²) in [6.07, 6.45) is 2.66. The maximum absolute atomic E-state index is 13.6. The van der Waals surface area contributed by atoms with E-state index in [9.17, 15) is 18.4 Å². The highest BCUT2D eigenvalue weighted by molar-refractivity contribution is 6.07. The fourth-order valence-electron chi connectivity index (χ4n) is 4.30. The lowest BCUT2D eigenvalue weighted by Gasteiger charge is -2.19. The Kier molecular flexibility index (Phi) is 5.21. The number of carbonyl (C=O) groups excluding carboxylic acids is 2. The van der Waals surface area contributed by atoms with Crippen molar-refractivity contribution >= 4 is 33.6 Å². The van der Waals surface area contributed by atoms with Gasteiger partial charge in [-0.25, -0.2) is 8.78 Å². The molecular formula is C25H19F2N5O2. The van der Waals surface area contributed by atoms with E-state index in [-0.39, 0.29) is 0 Å². The monoisotopic (exact) mass is 459 g/mol. The number of likely N-dealkylation sites (tertiary alicyclic amines) is 1. The van der Waals surface area contributed by atoms with Crippen LogP contribution in [0.1, 0.15) is 16.8 Å². The lowest BCUT2D eigenvalue weighted by molar-refractivity contribution is -0.131. The number of pyridine rings is 1. The van der Waals surface area contributed by atoms with E-state index in [0.717, 1.165) is 26.9 Å². The van der Waals surface area contributed by atoms with Crippen LogP contribution in [0.4, 0.5) is 8.78 Å². The molecule has 2 amide bonds. The normalized spacial score (nSPS) is 17.1. The van der Waals surface area contributed by atoms with Crippen LogP contribution in [0.2, 0.25) is 0 Å². The first kappa shape index (κ1) is 21.5. The number of fused-ring (bicyclic) bond motifs is 2. The van der Waals surface area contributed by atoms with E-state index in [1.165, 1.54) is 6.20 Å². The van der Waals surface area contributed by atoms with Crippen molar-refractivity contribution in [2.24, 2.45) is 0 Å². The van der Waals surface area contributed by atoms with E-state index in [4.69, 9.17) is 5.26 Å². The van der Waals surface area contributed by atoms with E-state index in [2.05, 4.69) is 15.3 Å². The van der Waals surface area contributed by atoms with Crippen molar-refractivity contribution in [1.29, 1.82) is 5.26 Å². The average molecular weight is 459 g/mol. The third-order valence-corrected chi connectivity index (χ3v) is 6.01. The number of rotatable bonds is 4. The third-order valence-electron chi connectivity index (χ3n) is 6.01. The minimum atomic E-state index is -3.11. The standard InChI is InChI=1S/C25H19F2N5O2/c26-25(27)11-18(12-28)32(14-25)23(33)13-31-24(34)19-6-8-30-22-4-2-16(10-20(19)22)15-1-3-21-17(9-15)5-7-29-21/h1-10,18,29H,11,13-14H2,(H,31,34)/t18-/m0/s1. The second-order valence-corrected chi connectivity index (χ2v) is 8.28. The first-order valence-electron chi connectivity index (χ1n) is 10.7. The number of nitrogens with one attached hydrogen (secondary N) is 2. The first-order valence-corrected chi connectivity index (χ1v) is 10.7. The molecule has 0 aliphatic carbocycles. The van der Waals surface area contributed by atoms with Gasteiger partial charge < -0.3 is 15.2 Å². The number of carbonyl (C=O) groups is 2. The van der Waals surface area contributed by atoms with Crippen molar-refractivity contribution in [3.05, 3.63) is 66.5 Å². The van der Waals surface area contributed by atoms with Gasteiger partial charge in [-0.1, -0.05) is 12.1 Å². The highest BCUT2D eigenvalue weighted by Gasteiger charge is 2.47. The van der Waals surface area contributed by atoms with Gasteiger partial charge >= 0.3 is 0 Å². The summed E-state index contributed by atoms with van der Waals surface area (Å²) in [6.45, 7) is -1.31. The van der Waals surface area contributed by atoms with E-state index in [1.54, 1.807) is 12.1 Å². The summed E-state index contributed by atoms with van der Waals surface area (Å²) < 4.78 is 27.3. The molecule has 0 radical (unpaired) electrons. The highest BCUT2D eigenvalue weighted by atomic mass is 19.3. The quantitative estimate of drug-likeness (QED) is 0.484. The fourth-order valence-corrected chi connectivity index (χ4v) is 4.30. The molecule has 0 saturated carbocycles. The fraction of sp³-hybridized carbons (Fsp3) is 0.200. The summed E-state index contributed by atoms with van der Waals surface area (Å²) in [6, 6.07) is 15.6. The number of amides is 2. The average Bonchev–Trinajstić information content (AvgIpc) is 3.44. The molecule has 3 heterocycles. The topological polar surface area (TPSA) is 102 Å². The number of alkyl halides is 2. The van der Waals surface area contributed by atoms with Crippen molar-refractivity contribution in [1.82, 2.24) is 20.2 Å². The minimum absolute atomic E-state index is 0.311. The number of halogens is 2. The van der Waals surface area contributed by atoms with E-state index < -0.39 is 43.3 Å². The predicted octanol–water partition coefficient (Wildman–Crippen LogP) is 3.87.